The molecular weight excluding hydrogens is 314 g/mol. The Kier molecular flexibility index (Phi) is 6.39. The van der Waals surface area contributed by atoms with Crippen LogP contribution in [-0.4, -0.2) is 55.8 Å². The number of nitrogens with one attached hydrogen (secondary N) is 2. The third-order valence-corrected chi connectivity index (χ3v) is 3.32. The van der Waals surface area contributed by atoms with Gasteiger partial charge in [-0.05, 0) is 38.8 Å². The van der Waals surface area contributed by atoms with Crippen molar-refractivity contribution in [1.29, 1.82) is 0 Å². The van der Waals surface area contributed by atoms with Gasteiger partial charge in [-0.25, -0.2) is 9.59 Å². The number of nitrogens with zero attached hydrogens (tertiary/aromatic N) is 1. The summed E-state index contributed by atoms with van der Waals surface area (Å²) in [5.74, 6) is -0.574. The van der Waals surface area contributed by atoms with E-state index >= 15 is 0 Å². The summed E-state index contributed by atoms with van der Waals surface area (Å²) in [5, 5.41) is 5.20. The van der Waals surface area contributed by atoms with Crippen LogP contribution in [0.5, 0.6) is 0 Å². The van der Waals surface area contributed by atoms with Crippen molar-refractivity contribution in [3.8, 4) is 0 Å². The first-order chi connectivity index (χ1) is 11.1. The molecule has 0 aromatic heterocycles. The van der Waals surface area contributed by atoms with Crippen molar-refractivity contribution in [3.63, 3.8) is 0 Å². The molecule has 8 nitrogen and oxygen atoms in total. The summed E-state index contributed by atoms with van der Waals surface area (Å²) in [4.78, 5) is 36.6. The smallest absolute Gasteiger partial charge is 0.407 e. The van der Waals surface area contributed by atoms with Gasteiger partial charge in [-0.2, -0.15) is 0 Å². The molecule has 0 spiro atoms. The van der Waals surface area contributed by atoms with E-state index in [2.05, 4.69) is 10.6 Å². The largest absolute Gasteiger partial charge is 0.466 e. The Morgan fingerprint density at radius 2 is 2.00 bits per heavy atom. The van der Waals surface area contributed by atoms with Crippen molar-refractivity contribution in [2.45, 2.75) is 39.5 Å². The van der Waals surface area contributed by atoms with Crippen LogP contribution in [0.25, 0.3) is 0 Å². The first-order valence-corrected chi connectivity index (χ1v) is 7.49. The van der Waals surface area contributed by atoms with Gasteiger partial charge in [0.05, 0.1) is 12.7 Å². The molecule has 0 bridgehead atoms. The normalized spacial score (nSPS) is 17.8. The number of hydrogen-bond donors (Lipinski definition) is 2. The zero-order valence-electron chi connectivity index (χ0n) is 14.9. The molecule has 2 N–H and O–H groups in total. The van der Waals surface area contributed by atoms with Gasteiger partial charge in [0.15, 0.2) is 0 Å². The fraction of sp³-hybridized carbons (Fsp3) is 0.562. The van der Waals surface area contributed by atoms with E-state index in [9.17, 15) is 14.4 Å². The number of carbonyl (C=O) groups is 3. The van der Waals surface area contributed by atoms with Crippen LogP contribution in [0.2, 0.25) is 0 Å². The Morgan fingerprint density at radius 1 is 1.38 bits per heavy atom. The van der Waals surface area contributed by atoms with Crippen LogP contribution in [0, 0.1) is 0 Å². The first-order valence-electron chi connectivity index (χ1n) is 7.49. The maximum Gasteiger partial charge on any atom is 0.407 e. The minimum Gasteiger partial charge on any atom is -0.466 e. The number of ether oxygens (including phenoxy) is 2. The lowest BCUT2D eigenvalue weighted by Crippen LogP contribution is -2.47. The summed E-state index contributed by atoms with van der Waals surface area (Å²) < 4.78 is 10.0. The predicted octanol–water partition coefficient (Wildman–Crippen LogP) is 0.902. The van der Waals surface area contributed by atoms with Crippen molar-refractivity contribution in [3.05, 3.63) is 22.9 Å². The first kappa shape index (κ1) is 19.5. The van der Waals surface area contributed by atoms with E-state index in [1.807, 2.05) is 6.92 Å². The highest BCUT2D eigenvalue weighted by atomic mass is 16.6. The summed E-state index contributed by atoms with van der Waals surface area (Å²) in [6.45, 7) is 7.17. The van der Waals surface area contributed by atoms with Gasteiger partial charge in [-0.1, -0.05) is 0 Å². The van der Waals surface area contributed by atoms with E-state index in [0.717, 1.165) is 5.57 Å². The molecule has 0 aromatic rings. The fourth-order valence-corrected chi connectivity index (χ4v) is 2.36. The van der Waals surface area contributed by atoms with Crippen LogP contribution >= 0.6 is 0 Å². The number of esters is 1. The average molecular weight is 339 g/mol. The molecule has 0 saturated carbocycles. The number of rotatable bonds is 5. The molecule has 134 valence electrons. The standard InChI is InChI=1S/C16H25N3O5/c1-10-8-19(5)13(18-9-20)12(14(21)23-6)11(10)7-17-15(22)24-16(2,3)4/h8-9,13H,7H2,1-6H3,(H,17,22)(H,18,20). The lowest BCUT2D eigenvalue weighted by atomic mass is 9.95. The zero-order chi connectivity index (χ0) is 18.5. The van der Waals surface area contributed by atoms with E-state index in [0.29, 0.717) is 12.0 Å². The second-order valence-electron chi connectivity index (χ2n) is 6.40. The SMILES string of the molecule is COC(=O)C1=C(CNC(=O)OC(C)(C)C)C(C)=CN(C)C1NC=O. The summed E-state index contributed by atoms with van der Waals surface area (Å²) in [6, 6.07) is 0. The minimum absolute atomic E-state index is 0.0759. The summed E-state index contributed by atoms with van der Waals surface area (Å²) in [7, 11) is 2.99. The maximum absolute atomic E-state index is 12.2. The van der Waals surface area contributed by atoms with Crippen LogP contribution in [0.1, 0.15) is 27.7 Å². The molecular formula is C16H25N3O5. The second-order valence-corrected chi connectivity index (χ2v) is 6.40. The van der Waals surface area contributed by atoms with Crippen LogP contribution in [-0.2, 0) is 19.1 Å². The molecule has 8 heteroatoms. The summed E-state index contributed by atoms with van der Waals surface area (Å²) in [5.41, 5.74) is 0.995. The summed E-state index contributed by atoms with van der Waals surface area (Å²) in [6.07, 6.45) is 1.02. The van der Waals surface area contributed by atoms with Crippen molar-refractivity contribution >= 4 is 18.5 Å². The predicted molar refractivity (Wildman–Crippen MR) is 87.8 cm³/mol. The third-order valence-electron chi connectivity index (χ3n) is 3.32. The van der Waals surface area contributed by atoms with E-state index in [1.165, 1.54) is 7.11 Å². The van der Waals surface area contributed by atoms with Crippen LogP contribution < -0.4 is 10.6 Å². The van der Waals surface area contributed by atoms with Crippen molar-refractivity contribution in [2.24, 2.45) is 0 Å². The minimum atomic E-state index is -0.672. The second kappa shape index (κ2) is 7.85. The van der Waals surface area contributed by atoms with Gasteiger partial charge >= 0.3 is 12.1 Å². The Bertz CT molecular complexity index is 575. The molecule has 0 aliphatic carbocycles. The number of amides is 2. The maximum atomic E-state index is 12.2. The number of carbonyl (C=O) groups excluding carboxylic acids is 3. The molecule has 0 radical (unpaired) electrons. The Morgan fingerprint density at radius 3 is 2.50 bits per heavy atom. The number of hydrogen-bond acceptors (Lipinski definition) is 6. The Hall–Kier alpha value is -2.51. The van der Waals surface area contributed by atoms with Gasteiger partial charge in [0.2, 0.25) is 6.41 Å². The Labute approximate surface area is 141 Å². The van der Waals surface area contributed by atoms with Gasteiger partial charge in [0, 0.05) is 19.8 Å². The van der Waals surface area contributed by atoms with E-state index < -0.39 is 23.8 Å². The highest BCUT2D eigenvalue weighted by Crippen LogP contribution is 2.25. The molecule has 0 aromatic carbocycles. The van der Waals surface area contributed by atoms with Crippen molar-refractivity contribution in [2.75, 3.05) is 20.7 Å². The highest BCUT2D eigenvalue weighted by molar-refractivity contribution is 5.92. The van der Waals surface area contributed by atoms with Crippen LogP contribution in [0.4, 0.5) is 4.79 Å². The zero-order valence-corrected chi connectivity index (χ0v) is 14.9. The molecule has 1 atom stereocenters. The molecule has 1 heterocycles. The van der Waals surface area contributed by atoms with E-state index in [-0.39, 0.29) is 12.1 Å². The van der Waals surface area contributed by atoms with Crippen LogP contribution in [0.3, 0.4) is 0 Å². The monoisotopic (exact) mass is 339 g/mol. The molecule has 1 aliphatic heterocycles. The van der Waals surface area contributed by atoms with E-state index in [1.54, 1.807) is 38.9 Å². The van der Waals surface area contributed by atoms with Crippen molar-refractivity contribution in [1.82, 2.24) is 15.5 Å². The quantitative estimate of drug-likeness (QED) is 0.571. The lowest BCUT2D eigenvalue weighted by Gasteiger charge is -2.34. The fourth-order valence-electron chi connectivity index (χ4n) is 2.36. The van der Waals surface area contributed by atoms with E-state index in [4.69, 9.17) is 9.47 Å². The van der Waals surface area contributed by atoms with Gasteiger partial charge in [0.1, 0.15) is 11.8 Å². The van der Waals surface area contributed by atoms with Gasteiger partial charge in [-0.3, -0.25) is 4.79 Å². The van der Waals surface area contributed by atoms with Crippen molar-refractivity contribution < 1.29 is 23.9 Å². The number of methoxy groups -OCH3 is 1. The van der Waals surface area contributed by atoms with Gasteiger partial charge < -0.3 is 25.0 Å². The lowest BCUT2D eigenvalue weighted by molar-refractivity contribution is -0.137. The van der Waals surface area contributed by atoms with Crippen LogP contribution in [0.15, 0.2) is 22.9 Å². The van der Waals surface area contributed by atoms with Gasteiger partial charge in [0.25, 0.3) is 0 Å². The molecule has 24 heavy (non-hydrogen) atoms. The molecule has 2 amide bonds. The third kappa shape index (κ3) is 5.00. The topological polar surface area (TPSA) is 97.0 Å². The molecule has 1 rings (SSSR count). The average Bonchev–Trinajstić information content (AvgIpc) is 2.46. The highest BCUT2D eigenvalue weighted by Gasteiger charge is 2.32. The number of alkyl carbamates (subject to hydrolysis) is 1. The summed E-state index contributed by atoms with van der Waals surface area (Å²) >= 11 is 0. The Balaban J connectivity index is 3.09. The van der Waals surface area contributed by atoms with Gasteiger partial charge in [-0.15, -0.1) is 0 Å². The molecule has 0 saturated heterocycles. The number of likely N-dealkylation sites (N-methyl/N-ethyl adjacent to an activating group) is 1. The molecule has 1 aliphatic rings. The molecule has 0 fully saturated rings. The molecule has 1 unspecified atom stereocenters.